The molecule has 5 aromatic heterocycles. The lowest BCUT2D eigenvalue weighted by atomic mass is 10.00. The van der Waals surface area contributed by atoms with Crippen molar-refractivity contribution in [2.75, 3.05) is 39.2 Å². The Kier molecular flexibility index (Phi) is 40.6. The van der Waals surface area contributed by atoms with Gasteiger partial charge in [0.05, 0.1) is 102 Å². The van der Waals surface area contributed by atoms with Gasteiger partial charge in [0, 0.05) is 79.1 Å². The van der Waals surface area contributed by atoms with Crippen LogP contribution in [0, 0.1) is 59.2 Å². The summed E-state index contributed by atoms with van der Waals surface area (Å²) >= 11 is 0. The SMILES string of the molecule is CC(C)C[C@H]1O[C@@H](C)[C@@H](O)C1OP(=O)(O)CC[C@H]1O[C@@H](C)[C@@H](O)C1OC(C)C.CCCCCC(=O)OCC1C2CCc3nnn(C)c3CCC21.CCCCCCCCC(=O)OCC1C2CCc3nnn(C)c3CCC21.CCCOCCCC(=O)OCC1C2CCc3nnn(C)c3CCC21.CCc1cn(CC)nn1.CCc1cn(CC)nn1. The summed E-state index contributed by atoms with van der Waals surface area (Å²) in [6.45, 7) is 31.0. The number of fused-ring (bicyclic) bond motifs is 6. The van der Waals surface area contributed by atoms with Crippen molar-refractivity contribution < 1.29 is 71.7 Å². The third-order valence-electron chi connectivity index (χ3n) is 24.7. The summed E-state index contributed by atoms with van der Waals surface area (Å²) in [4.78, 5) is 45.9. The van der Waals surface area contributed by atoms with E-state index in [-0.39, 0.29) is 36.6 Å². The number of rotatable bonds is 36. The van der Waals surface area contributed by atoms with Crippen molar-refractivity contribution >= 4 is 25.5 Å². The molecule has 3 saturated carbocycles. The number of aryl methyl sites for hydroxylation is 10. The Balaban J connectivity index is 0.000000182. The maximum Gasteiger partial charge on any atom is 0.328 e. The lowest BCUT2D eigenvalue weighted by molar-refractivity contribution is -0.145. The van der Waals surface area contributed by atoms with E-state index >= 15 is 0 Å². The molecule has 2 aliphatic heterocycles. The maximum atomic E-state index is 12.7. The number of hydrogen-bond donors (Lipinski definition) is 3. The van der Waals surface area contributed by atoms with Crippen LogP contribution >= 0.6 is 7.60 Å². The van der Waals surface area contributed by atoms with Crippen molar-refractivity contribution in [2.45, 2.75) is 351 Å². The summed E-state index contributed by atoms with van der Waals surface area (Å²) in [5, 5.41) is 61.4. The van der Waals surface area contributed by atoms with Gasteiger partial charge in [-0.1, -0.05) is 119 Å². The Morgan fingerprint density at radius 3 is 1.26 bits per heavy atom. The first kappa shape index (κ1) is 96.5. The lowest BCUT2D eigenvalue weighted by Gasteiger charge is -2.26. The van der Waals surface area contributed by atoms with Crippen LogP contribution in [-0.2, 0) is 142 Å². The normalized spacial score (nSPS) is 26.9. The first-order valence-corrected chi connectivity index (χ1v) is 46.8. The van der Waals surface area contributed by atoms with E-state index in [9.17, 15) is 34.1 Å². The molecule has 0 radical (unpaired) electrons. The molecule has 7 heterocycles. The second-order valence-electron chi connectivity index (χ2n) is 34.3. The van der Waals surface area contributed by atoms with Gasteiger partial charge in [-0.3, -0.25) is 46.9 Å². The highest BCUT2D eigenvalue weighted by Gasteiger charge is 2.53. The minimum absolute atomic E-state index is 0.00363. The van der Waals surface area contributed by atoms with Crippen LogP contribution in [0.2, 0.25) is 0 Å². The van der Waals surface area contributed by atoms with Crippen LogP contribution in [0.3, 0.4) is 0 Å². The largest absolute Gasteiger partial charge is 0.465 e. The van der Waals surface area contributed by atoms with E-state index < -0.39 is 56.4 Å². The van der Waals surface area contributed by atoms with E-state index in [4.69, 9.17) is 37.7 Å². The number of carbonyl (C=O) groups excluding carboxylic acids is 3. The number of esters is 3. The molecule has 18 atom stereocenters. The van der Waals surface area contributed by atoms with E-state index in [1.54, 1.807) is 13.8 Å². The number of unbranched alkanes of at least 4 members (excludes halogenated alkanes) is 7. The van der Waals surface area contributed by atoms with Crippen molar-refractivity contribution in [3.63, 3.8) is 0 Å². The topological polar surface area (TPSA) is 356 Å². The van der Waals surface area contributed by atoms with Gasteiger partial charge >= 0.3 is 25.5 Å². The van der Waals surface area contributed by atoms with Crippen LogP contribution in [0.5, 0.6) is 0 Å². The molecule has 13 rings (SSSR count). The van der Waals surface area contributed by atoms with E-state index in [1.807, 2.05) is 98.5 Å². The van der Waals surface area contributed by atoms with Crippen molar-refractivity contribution in [3.8, 4) is 0 Å². The van der Waals surface area contributed by atoms with E-state index in [1.165, 1.54) is 67.0 Å². The van der Waals surface area contributed by atoms with Crippen molar-refractivity contribution in [1.29, 1.82) is 0 Å². The number of aliphatic hydroxyl groups is 2. The molecule has 0 spiro atoms. The summed E-state index contributed by atoms with van der Waals surface area (Å²) in [5.41, 5.74) is 9.50. The second kappa shape index (κ2) is 49.2. The summed E-state index contributed by atoms with van der Waals surface area (Å²) in [6.07, 6.45) is 28.6. The Hall–Kier alpha value is -5.98. The molecule has 0 bridgehead atoms. The monoisotopic (exact) mass is 1660 g/mol. The number of carbonyl (C=O) groups is 3. The van der Waals surface area contributed by atoms with Crippen LogP contribution in [-0.4, -0.2) is 202 Å². The van der Waals surface area contributed by atoms with Crippen molar-refractivity contribution in [2.24, 2.45) is 80.3 Å². The molecular weight excluding hydrogens is 1510 g/mol. The molecule has 6 aliphatic carbocycles. The Morgan fingerprint density at radius 2 is 0.880 bits per heavy atom. The third kappa shape index (κ3) is 30.5. The molecule has 31 heteroatoms. The first-order chi connectivity index (χ1) is 56.2. The van der Waals surface area contributed by atoms with Gasteiger partial charge in [0.2, 0.25) is 0 Å². The summed E-state index contributed by atoms with van der Waals surface area (Å²) < 4.78 is 66.8. The lowest BCUT2D eigenvalue weighted by Crippen LogP contribution is -2.37. The number of ether oxygens (including phenoxy) is 7. The Labute approximate surface area is 697 Å². The minimum Gasteiger partial charge on any atom is -0.465 e. The fourth-order valence-corrected chi connectivity index (χ4v) is 18.9. The second-order valence-corrected chi connectivity index (χ2v) is 36.3. The zero-order valence-electron chi connectivity index (χ0n) is 73.9. The van der Waals surface area contributed by atoms with Crippen LogP contribution < -0.4 is 0 Å². The van der Waals surface area contributed by atoms with E-state index in [0.717, 1.165) is 182 Å². The van der Waals surface area contributed by atoms with Gasteiger partial charge in [-0.25, -0.2) is 0 Å². The van der Waals surface area contributed by atoms with Crippen LogP contribution in [0.25, 0.3) is 0 Å². The third-order valence-corrected chi connectivity index (χ3v) is 26.1. The first-order valence-electron chi connectivity index (χ1n) is 45.0. The van der Waals surface area contributed by atoms with Crippen molar-refractivity contribution in [3.05, 3.63) is 57.9 Å². The van der Waals surface area contributed by atoms with Crippen LogP contribution in [0.1, 0.15) is 277 Å². The van der Waals surface area contributed by atoms with Gasteiger partial charge < -0.3 is 48.3 Å². The van der Waals surface area contributed by atoms with Gasteiger partial charge in [-0.05, 0) is 229 Å². The highest BCUT2D eigenvalue weighted by Crippen LogP contribution is 2.55. The van der Waals surface area contributed by atoms with Gasteiger partial charge in [0.15, 0.2) is 0 Å². The zero-order valence-corrected chi connectivity index (χ0v) is 74.8. The van der Waals surface area contributed by atoms with Gasteiger partial charge in [0.25, 0.3) is 0 Å². The van der Waals surface area contributed by atoms with Gasteiger partial charge in [0.1, 0.15) is 24.4 Å². The van der Waals surface area contributed by atoms with Crippen LogP contribution in [0.4, 0.5) is 0 Å². The standard InChI is InChI=1S/C20H33N3O2.C19H37O8P.C18H29N3O3.C17H27N3O2.2C6H11N3/c1-3-4-5-6-7-8-9-20(24)25-14-17-15-10-12-18-19(13-11-16(15)17)23(2)22-21-18;1-10(2)9-15-19(17(21)13(6)26-15)27-28(22,23)8-7-14-18(24-11(3)4)16(20)12(5)25-14;1-3-10-23-11-4-5-18(22)24-12-15-13-6-8-16-17(9-7-14(13)15)21(2)20-19-16;1-3-4-5-6-17(21)22-11-14-12-7-9-15-16(10-8-13(12)14)20(2)19-18-15;2*1-3-6-5-9(4-2)8-7-6/h15-17H,3-14H2,1-2H3;10-21H,7-9H2,1-6H3,(H,22,23);13-15H,3-12H2,1-2H3;12-14H,3-11H2,1-2H3;2*5H,3-4H2,1-2H3/t;12-,13-,14+,15+,16+,17+,18?,19?;;;;/m.0..../s1. The quantitative estimate of drug-likeness (QED) is 0.0145. The molecule has 2 saturated heterocycles. The molecule has 0 aromatic carbocycles. The molecule has 12 unspecified atom stereocenters. The highest BCUT2D eigenvalue weighted by molar-refractivity contribution is 7.52. The number of hydrogen-bond acceptors (Lipinski definition) is 24. The summed E-state index contributed by atoms with van der Waals surface area (Å²) in [7, 11) is 1.94. The number of aliphatic hydroxyl groups excluding tert-OH is 2. The molecule has 5 aromatic rings. The average molecular weight is 1660 g/mol. The molecular formula is C86H148N15O15P. The van der Waals surface area contributed by atoms with Crippen LogP contribution in [0.15, 0.2) is 12.4 Å². The Morgan fingerprint density at radius 1 is 0.496 bits per heavy atom. The zero-order chi connectivity index (χ0) is 84.7. The molecule has 30 nitrogen and oxygen atoms in total. The van der Waals surface area contributed by atoms with E-state index in [0.29, 0.717) is 87.6 Å². The number of aromatic nitrogens is 15. The summed E-state index contributed by atoms with van der Waals surface area (Å²) in [5.74, 6) is 6.21. The fourth-order valence-electron chi connectivity index (χ4n) is 17.6. The van der Waals surface area contributed by atoms with Gasteiger partial charge in [-0.15, -0.1) is 25.5 Å². The highest BCUT2D eigenvalue weighted by atomic mass is 31.2. The van der Waals surface area contributed by atoms with Gasteiger partial charge in [-0.2, -0.15) is 0 Å². The number of nitrogens with zero attached hydrogens (tertiary/aromatic N) is 15. The smallest absolute Gasteiger partial charge is 0.328 e. The Bertz CT molecular complexity index is 3670. The average Bonchev–Trinajstić information content (AvgIpc) is 1.62. The molecule has 0 amide bonds. The maximum absolute atomic E-state index is 12.7. The molecule has 3 N–H and O–H groups in total. The molecule has 5 fully saturated rings. The molecule has 8 aliphatic rings. The van der Waals surface area contributed by atoms with E-state index in [2.05, 4.69) is 86.2 Å². The predicted octanol–water partition coefficient (Wildman–Crippen LogP) is 12.6. The fraction of sp³-hybridized carbons (Fsp3) is 0.849. The summed E-state index contributed by atoms with van der Waals surface area (Å²) in [6, 6.07) is 0. The minimum atomic E-state index is -4.00. The van der Waals surface area contributed by atoms with Crippen molar-refractivity contribution in [1.82, 2.24) is 75.0 Å². The molecule has 662 valence electrons. The molecule has 117 heavy (non-hydrogen) atoms. The predicted molar refractivity (Wildman–Crippen MR) is 444 cm³/mol.